The maximum Gasteiger partial charge on any atom is 0.223 e. The number of hydrogen-bond acceptors (Lipinski definition) is 3. The summed E-state index contributed by atoms with van der Waals surface area (Å²) >= 11 is 2.91. The molecule has 0 aliphatic carbocycles. The van der Waals surface area contributed by atoms with Crippen LogP contribution in [0.1, 0.15) is 6.92 Å². The van der Waals surface area contributed by atoms with Crippen LogP contribution in [0.3, 0.4) is 0 Å². The van der Waals surface area contributed by atoms with Crippen molar-refractivity contribution >= 4 is 26.0 Å². The molecule has 0 saturated heterocycles. The molecule has 0 aromatic rings. The molecule has 0 heterocycles. The second kappa shape index (κ2) is 5.90. The zero-order valence-corrected chi connectivity index (χ0v) is 9.69. The molecule has 0 bridgehead atoms. The molecule has 74 valence electrons. The zero-order valence-electron chi connectivity index (χ0n) is 7.29. The van der Waals surface area contributed by atoms with Gasteiger partial charge in [-0.15, -0.1) is 0 Å². The Morgan fingerprint density at radius 3 is 2.50 bits per heavy atom. The Bertz CT molecular complexity index is 205. The maximum absolute atomic E-state index is 11.1. The number of sulfonamides is 1. The predicted octanol–water partition coefficient (Wildman–Crippen LogP) is 0.637. The number of ether oxygens (including phenoxy) is 1. The van der Waals surface area contributed by atoms with Gasteiger partial charge in [0.05, 0.1) is 6.61 Å². The van der Waals surface area contributed by atoms with Crippen molar-refractivity contribution in [3.63, 3.8) is 0 Å². The van der Waals surface area contributed by atoms with Gasteiger partial charge in [-0.2, -0.15) is 0 Å². The Kier molecular flexibility index (Phi) is 6.08. The normalized spacial score (nSPS) is 12.3. The minimum atomic E-state index is -3.11. The van der Waals surface area contributed by atoms with Crippen LogP contribution in [0.4, 0.5) is 0 Å². The largest absolute Gasteiger partial charge is 0.380 e. The van der Waals surface area contributed by atoms with Crippen molar-refractivity contribution in [3.05, 3.63) is 0 Å². The molecule has 0 aromatic heterocycles. The van der Waals surface area contributed by atoms with Gasteiger partial charge in [-0.3, -0.25) is 0 Å². The van der Waals surface area contributed by atoms with E-state index in [0.717, 1.165) is 0 Å². The lowest BCUT2D eigenvalue weighted by Crippen LogP contribution is -2.30. The van der Waals surface area contributed by atoms with Crippen LogP contribution in [-0.4, -0.2) is 44.2 Å². The maximum atomic E-state index is 11.1. The number of hydrogen-bond donors (Lipinski definition) is 0. The van der Waals surface area contributed by atoms with Gasteiger partial charge >= 0.3 is 0 Å². The van der Waals surface area contributed by atoms with Gasteiger partial charge in [0.15, 0.2) is 0 Å². The number of alkyl halides is 1. The third-order valence-electron chi connectivity index (χ3n) is 1.37. The molecule has 0 radical (unpaired) electrons. The highest BCUT2D eigenvalue weighted by molar-refractivity contribution is 9.10. The van der Waals surface area contributed by atoms with E-state index < -0.39 is 10.0 Å². The Labute approximate surface area is 82.1 Å². The minimum Gasteiger partial charge on any atom is -0.380 e. The van der Waals surface area contributed by atoms with E-state index in [4.69, 9.17) is 4.74 Å². The van der Waals surface area contributed by atoms with Crippen LogP contribution in [0, 0.1) is 0 Å². The monoisotopic (exact) mass is 259 g/mol. The van der Waals surface area contributed by atoms with Crippen molar-refractivity contribution in [2.45, 2.75) is 6.92 Å². The third kappa shape index (κ3) is 4.39. The summed E-state index contributed by atoms with van der Waals surface area (Å²) in [6.45, 7) is 3.34. The molecular weight excluding hydrogens is 246 g/mol. The van der Waals surface area contributed by atoms with Crippen LogP contribution in [-0.2, 0) is 14.8 Å². The summed E-state index contributed by atoms with van der Waals surface area (Å²) in [5.41, 5.74) is 0. The Morgan fingerprint density at radius 1 is 1.50 bits per heavy atom. The van der Waals surface area contributed by atoms with Crippen LogP contribution in [0.25, 0.3) is 0 Å². The predicted molar refractivity (Wildman–Crippen MR) is 51.8 cm³/mol. The average molecular weight is 260 g/mol. The summed E-state index contributed by atoms with van der Waals surface area (Å²) in [6, 6.07) is 0. The zero-order chi connectivity index (χ0) is 9.61. The fourth-order valence-electron chi connectivity index (χ4n) is 0.560. The first kappa shape index (κ1) is 12.3. The van der Waals surface area contributed by atoms with E-state index in [9.17, 15) is 8.42 Å². The Hall–Kier alpha value is 0.350. The molecule has 0 spiro atoms. The first-order valence-corrected chi connectivity index (χ1v) is 6.35. The summed E-state index contributed by atoms with van der Waals surface area (Å²) in [5.74, 6) is 0. The van der Waals surface area contributed by atoms with Crippen molar-refractivity contribution < 1.29 is 13.2 Å². The molecule has 0 fully saturated rings. The Morgan fingerprint density at radius 2 is 2.08 bits per heavy atom. The first-order chi connectivity index (χ1) is 5.54. The van der Waals surface area contributed by atoms with Gasteiger partial charge in [-0.1, -0.05) is 15.9 Å². The molecule has 0 aliphatic heterocycles. The van der Waals surface area contributed by atoms with Gasteiger partial charge in [-0.05, 0) is 6.92 Å². The lowest BCUT2D eigenvalue weighted by molar-refractivity contribution is 0.139. The van der Waals surface area contributed by atoms with Crippen LogP contribution in [0.2, 0.25) is 0 Å². The molecule has 12 heavy (non-hydrogen) atoms. The number of likely N-dealkylation sites (N-methyl/N-ethyl adjacent to an activating group) is 1. The van der Waals surface area contributed by atoms with E-state index in [1.54, 1.807) is 0 Å². The first-order valence-electron chi connectivity index (χ1n) is 3.62. The fraction of sp³-hybridized carbons (Fsp3) is 1.00. The molecule has 0 aliphatic rings. The number of halogens is 1. The molecule has 0 amide bonds. The molecule has 0 rings (SSSR count). The van der Waals surface area contributed by atoms with E-state index in [-0.39, 0.29) is 4.66 Å². The van der Waals surface area contributed by atoms with Crippen molar-refractivity contribution in [1.29, 1.82) is 0 Å². The minimum absolute atomic E-state index is 0.0391. The van der Waals surface area contributed by atoms with Gasteiger partial charge in [0, 0.05) is 20.2 Å². The van der Waals surface area contributed by atoms with E-state index in [2.05, 4.69) is 15.9 Å². The molecule has 6 heteroatoms. The highest BCUT2D eigenvalue weighted by Gasteiger charge is 2.14. The molecule has 0 unspecified atom stereocenters. The molecule has 4 nitrogen and oxygen atoms in total. The van der Waals surface area contributed by atoms with E-state index in [1.807, 2.05) is 6.92 Å². The summed E-state index contributed by atoms with van der Waals surface area (Å²) in [7, 11) is -1.57. The van der Waals surface area contributed by atoms with Crippen molar-refractivity contribution in [2.24, 2.45) is 0 Å². The van der Waals surface area contributed by atoms with Gasteiger partial charge in [-0.25, -0.2) is 12.7 Å². The summed E-state index contributed by atoms with van der Waals surface area (Å²) in [6.07, 6.45) is 0. The van der Waals surface area contributed by atoms with Crippen molar-refractivity contribution in [1.82, 2.24) is 4.31 Å². The van der Waals surface area contributed by atoms with Gasteiger partial charge < -0.3 is 4.74 Å². The van der Waals surface area contributed by atoms with Crippen molar-refractivity contribution in [2.75, 3.05) is 31.5 Å². The second-order valence-corrected chi connectivity index (χ2v) is 5.62. The summed E-state index contributed by atoms with van der Waals surface area (Å²) in [5, 5.41) is 0. The van der Waals surface area contributed by atoms with Crippen LogP contribution in [0.15, 0.2) is 0 Å². The van der Waals surface area contributed by atoms with Crippen LogP contribution in [0.5, 0.6) is 0 Å². The second-order valence-electron chi connectivity index (χ2n) is 2.24. The molecule has 0 saturated carbocycles. The van der Waals surface area contributed by atoms with Crippen LogP contribution < -0.4 is 0 Å². The third-order valence-corrected chi connectivity index (χ3v) is 4.51. The number of rotatable bonds is 6. The quantitative estimate of drug-likeness (QED) is 0.520. The van der Waals surface area contributed by atoms with Gasteiger partial charge in [0.1, 0.15) is 4.66 Å². The lowest BCUT2D eigenvalue weighted by Gasteiger charge is -2.14. The number of nitrogens with zero attached hydrogens (tertiary/aromatic N) is 1. The van der Waals surface area contributed by atoms with Gasteiger partial charge in [0.25, 0.3) is 0 Å². The topological polar surface area (TPSA) is 46.6 Å². The highest BCUT2D eigenvalue weighted by Crippen LogP contribution is 2.00. The van der Waals surface area contributed by atoms with Crippen LogP contribution >= 0.6 is 15.9 Å². The fourth-order valence-corrected chi connectivity index (χ4v) is 2.13. The summed E-state index contributed by atoms with van der Waals surface area (Å²) < 4.78 is 28.5. The molecule has 0 N–H and O–H groups in total. The average Bonchev–Trinajstić information content (AvgIpc) is 2.05. The molecule has 0 aromatic carbocycles. The standard InChI is InChI=1S/C6H14BrNO3S/c1-3-11-5-4-8(2)12(9,10)6-7/h3-6H2,1-2H3. The molecule has 0 atom stereocenters. The van der Waals surface area contributed by atoms with E-state index >= 15 is 0 Å². The Balaban J connectivity index is 3.80. The highest BCUT2D eigenvalue weighted by atomic mass is 79.9. The SMILES string of the molecule is CCOCCN(C)S(=O)(=O)CBr. The molecular formula is C6H14BrNO3S. The van der Waals surface area contributed by atoms with Gasteiger partial charge in [0.2, 0.25) is 10.0 Å². The van der Waals surface area contributed by atoms with E-state index in [0.29, 0.717) is 19.8 Å². The smallest absolute Gasteiger partial charge is 0.223 e. The van der Waals surface area contributed by atoms with E-state index in [1.165, 1.54) is 11.4 Å². The summed E-state index contributed by atoms with van der Waals surface area (Å²) in [4.78, 5) is 0. The van der Waals surface area contributed by atoms with Crippen molar-refractivity contribution in [3.8, 4) is 0 Å². The lowest BCUT2D eigenvalue weighted by atomic mass is 10.7.